The number of aliphatic carboxylic acids is 1. The molecule has 0 radical (unpaired) electrons. The van der Waals surface area contributed by atoms with Crippen LogP contribution in [-0.2, 0) is 11.2 Å². The highest BCUT2D eigenvalue weighted by molar-refractivity contribution is 7.81. The van der Waals surface area contributed by atoms with Crippen LogP contribution in [0.15, 0.2) is 42.7 Å². The van der Waals surface area contributed by atoms with E-state index in [0.717, 1.165) is 11.3 Å². The summed E-state index contributed by atoms with van der Waals surface area (Å²) >= 11 is 4.00. The van der Waals surface area contributed by atoms with E-state index in [1.165, 1.54) is 0 Å². The van der Waals surface area contributed by atoms with Gasteiger partial charge in [0.05, 0.1) is 11.9 Å². The molecule has 0 amide bonds. The Morgan fingerprint density at radius 3 is 2.76 bits per heavy atom. The predicted molar refractivity (Wildman–Crippen MR) is 67.7 cm³/mol. The van der Waals surface area contributed by atoms with Crippen LogP contribution in [-0.4, -0.2) is 26.1 Å². The Hall–Kier alpha value is -1.75. The first-order valence-electron chi connectivity index (χ1n) is 5.16. The van der Waals surface area contributed by atoms with E-state index < -0.39 is 11.2 Å². The van der Waals surface area contributed by atoms with E-state index in [1.54, 1.807) is 10.9 Å². The number of carboxylic acid groups (broad SMARTS) is 1. The number of carboxylic acids is 1. The van der Waals surface area contributed by atoms with Gasteiger partial charge in [0.25, 0.3) is 0 Å². The van der Waals surface area contributed by atoms with Crippen molar-refractivity contribution in [1.82, 2.24) is 9.78 Å². The summed E-state index contributed by atoms with van der Waals surface area (Å²) in [6.07, 6.45) is 3.85. The lowest BCUT2D eigenvalue weighted by molar-refractivity contribution is -0.136. The number of nitrogens with zero attached hydrogens (tertiary/aromatic N) is 2. The van der Waals surface area contributed by atoms with Crippen LogP contribution >= 0.6 is 12.6 Å². The van der Waals surface area contributed by atoms with Crippen molar-refractivity contribution in [3.63, 3.8) is 0 Å². The predicted octanol–water partition coefficient (Wildman–Crippen LogP) is 1.80. The summed E-state index contributed by atoms with van der Waals surface area (Å²) in [5.41, 5.74) is 1.81. The maximum atomic E-state index is 10.7. The van der Waals surface area contributed by atoms with E-state index in [4.69, 9.17) is 5.11 Å². The molecule has 0 saturated heterocycles. The van der Waals surface area contributed by atoms with Gasteiger partial charge in [-0.25, -0.2) is 4.68 Å². The molecule has 0 bridgehead atoms. The lowest BCUT2D eigenvalue weighted by atomic mass is 10.2. The minimum absolute atomic E-state index is 0.366. The van der Waals surface area contributed by atoms with Crippen LogP contribution in [0.3, 0.4) is 0 Å². The average molecular weight is 248 g/mol. The van der Waals surface area contributed by atoms with Crippen molar-refractivity contribution in [3.8, 4) is 5.69 Å². The van der Waals surface area contributed by atoms with Crippen LogP contribution < -0.4 is 0 Å². The number of aromatic nitrogens is 2. The molecule has 0 aliphatic rings. The van der Waals surface area contributed by atoms with Crippen molar-refractivity contribution in [2.75, 3.05) is 0 Å². The number of rotatable bonds is 4. The number of thiol groups is 1. The van der Waals surface area contributed by atoms with Gasteiger partial charge in [-0.2, -0.15) is 17.7 Å². The first kappa shape index (κ1) is 11.7. The van der Waals surface area contributed by atoms with E-state index in [9.17, 15) is 4.79 Å². The van der Waals surface area contributed by atoms with E-state index in [2.05, 4.69) is 17.7 Å². The SMILES string of the molecule is O=C(O)C(S)Cc1cnn(-c2ccccc2)c1. The highest BCUT2D eigenvalue weighted by Gasteiger charge is 2.13. The van der Waals surface area contributed by atoms with Crippen LogP contribution in [0.4, 0.5) is 0 Å². The van der Waals surface area contributed by atoms with E-state index in [-0.39, 0.29) is 0 Å². The molecule has 0 fully saturated rings. The Morgan fingerprint density at radius 2 is 2.12 bits per heavy atom. The monoisotopic (exact) mass is 248 g/mol. The Bertz CT molecular complexity index is 510. The lowest BCUT2D eigenvalue weighted by Crippen LogP contribution is -2.15. The summed E-state index contributed by atoms with van der Waals surface area (Å²) in [7, 11) is 0. The first-order valence-corrected chi connectivity index (χ1v) is 5.68. The van der Waals surface area contributed by atoms with Crippen molar-refractivity contribution in [2.24, 2.45) is 0 Å². The minimum atomic E-state index is -0.916. The van der Waals surface area contributed by atoms with Gasteiger partial charge in [0.15, 0.2) is 0 Å². The third kappa shape index (κ3) is 2.88. The van der Waals surface area contributed by atoms with Crippen molar-refractivity contribution in [3.05, 3.63) is 48.3 Å². The molecule has 0 aliphatic carbocycles. The minimum Gasteiger partial charge on any atom is -0.480 e. The van der Waals surface area contributed by atoms with Gasteiger partial charge >= 0.3 is 5.97 Å². The molecule has 1 heterocycles. The van der Waals surface area contributed by atoms with Crippen molar-refractivity contribution in [1.29, 1.82) is 0 Å². The third-order valence-electron chi connectivity index (χ3n) is 2.37. The molecular formula is C12H12N2O2S. The van der Waals surface area contributed by atoms with Gasteiger partial charge in [-0.05, 0) is 24.1 Å². The normalized spacial score (nSPS) is 12.3. The molecule has 0 spiro atoms. The van der Waals surface area contributed by atoms with Crippen LogP contribution in [0.5, 0.6) is 0 Å². The zero-order valence-corrected chi connectivity index (χ0v) is 9.92. The summed E-state index contributed by atoms with van der Waals surface area (Å²) < 4.78 is 1.72. The van der Waals surface area contributed by atoms with Crippen molar-refractivity contribution in [2.45, 2.75) is 11.7 Å². The van der Waals surface area contributed by atoms with Gasteiger partial charge < -0.3 is 5.11 Å². The highest BCUT2D eigenvalue weighted by Crippen LogP contribution is 2.11. The number of carbonyl (C=O) groups is 1. The fourth-order valence-electron chi connectivity index (χ4n) is 1.50. The average Bonchev–Trinajstić information content (AvgIpc) is 2.78. The summed E-state index contributed by atoms with van der Waals surface area (Å²) in [5, 5.41) is 12.3. The van der Waals surface area contributed by atoms with E-state index in [0.29, 0.717) is 6.42 Å². The molecule has 4 nitrogen and oxygen atoms in total. The molecule has 1 N–H and O–H groups in total. The van der Waals surface area contributed by atoms with Crippen LogP contribution in [0.2, 0.25) is 0 Å². The fraction of sp³-hybridized carbons (Fsp3) is 0.167. The molecule has 1 aromatic heterocycles. The van der Waals surface area contributed by atoms with Crippen LogP contribution in [0.1, 0.15) is 5.56 Å². The standard InChI is InChI=1S/C12H12N2O2S/c15-12(16)11(17)6-9-7-13-14(8-9)10-4-2-1-3-5-10/h1-5,7-8,11,17H,6H2,(H,15,16). The van der Waals surface area contributed by atoms with Gasteiger partial charge in [-0.15, -0.1) is 0 Å². The second kappa shape index (κ2) is 5.05. The second-order valence-corrected chi connectivity index (χ2v) is 4.31. The summed E-state index contributed by atoms with van der Waals surface area (Å²) in [6.45, 7) is 0. The molecule has 1 aromatic carbocycles. The van der Waals surface area contributed by atoms with Crippen LogP contribution in [0.25, 0.3) is 5.69 Å². The summed E-state index contributed by atoms with van der Waals surface area (Å²) in [6, 6.07) is 9.66. The highest BCUT2D eigenvalue weighted by atomic mass is 32.1. The number of para-hydroxylation sites is 1. The first-order chi connectivity index (χ1) is 8.16. The second-order valence-electron chi connectivity index (χ2n) is 3.69. The van der Waals surface area contributed by atoms with Gasteiger partial charge in [0.1, 0.15) is 5.25 Å². The summed E-state index contributed by atoms with van der Waals surface area (Å²) in [5.74, 6) is -0.916. The Morgan fingerprint density at radius 1 is 1.41 bits per heavy atom. The van der Waals surface area contributed by atoms with Gasteiger partial charge in [0, 0.05) is 6.20 Å². The number of hydrogen-bond acceptors (Lipinski definition) is 3. The molecule has 0 aliphatic heterocycles. The van der Waals surface area contributed by atoms with E-state index in [1.807, 2.05) is 36.5 Å². The van der Waals surface area contributed by atoms with Crippen molar-refractivity contribution < 1.29 is 9.90 Å². The van der Waals surface area contributed by atoms with Gasteiger partial charge in [-0.3, -0.25) is 4.79 Å². The molecular weight excluding hydrogens is 236 g/mol. The summed E-state index contributed by atoms with van der Waals surface area (Å²) in [4.78, 5) is 10.7. The van der Waals surface area contributed by atoms with Gasteiger partial charge in [-0.1, -0.05) is 18.2 Å². The Kier molecular flexibility index (Phi) is 3.49. The number of hydrogen-bond donors (Lipinski definition) is 2. The zero-order chi connectivity index (χ0) is 12.3. The quantitative estimate of drug-likeness (QED) is 0.811. The molecule has 2 aromatic rings. The number of benzene rings is 1. The zero-order valence-electron chi connectivity index (χ0n) is 9.02. The molecule has 1 unspecified atom stereocenters. The molecule has 0 saturated carbocycles. The topological polar surface area (TPSA) is 55.1 Å². The van der Waals surface area contributed by atoms with Crippen molar-refractivity contribution >= 4 is 18.6 Å². The Balaban J connectivity index is 2.14. The Labute approximate surface area is 104 Å². The molecule has 5 heteroatoms. The van der Waals surface area contributed by atoms with Gasteiger partial charge in [0.2, 0.25) is 0 Å². The maximum absolute atomic E-state index is 10.7. The smallest absolute Gasteiger partial charge is 0.316 e. The lowest BCUT2D eigenvalue weighted by Gasteiger charge is -2.02. The third-order valence-corrected chi connectivity index (χ3v) is 2.77. The fourth-order valence-corrected chi connectivity index (χ4v) is 1.71. The molecule has 17 heavy (non-hydrogen) atoms. The van der Waals surface area contributed by atoms with E-state index >= 15 is 0 Å². The van der Waals surface area contributed by atoms with Crippen LogP contribution in [0, 0.1) is 0 Å². The maximum Gasteiger partial charge on any atom is 0.316 e. The molecule has 1 atom stereocenters. The molecule has 2 rings (SSSR count). The largest absolute Gasteiger partial charge is 0.480 e. The molecule has 88 valence electrons.